The van der Waals surface area contributed by atoms with Crippen molar-refractivity contribution in [3.05, 3.63) is 28.7 Å². The summed E-state index contributed by atoms with van der Waals surface area (Å²) in [5, 5.41) is 6.36. The van der Waals surface area contributed by atoms with Crippen LogP contribution < -0.4 is 10.6 Å². The van der Waals surface area contributed by atoms with Gasteiger partial charge in [-0.05, 0) is 37.2 Å². The van der Waals surface area contributed by atoms with Gasteiger partial charge in [-0.15, -0.1) is 24.2 Å². The highest BCUT2D eigenvalue weighted by Crippen LogP contribution is 2.21. The molecule has 0 aliphatic carbocycles. The number of piperazine rings is 1. The zero-order valence-electron chi connectivity index (χ0n) is 13.2. The zero-order valence-corrected chi connectivity index (χ0v) is 16.4. The number of hydrogen-bond acceptors (Lipinski definition) is 4. The molecule has 23 heavy (non-hydrogen) atoms. The highest BCUT2D eigenvalue weighted by Gasteiger charge is 2.08. The maximum absolute atomic E-state index is 11.8. The van der Waals surface area contributed by atoms with Gasteiger partial charge in [-0.25, -0.2) is 0 Å². The van der Waals surface area contributed by atoms with Gasteiger partial charge in [-0.1, -0.05) is 15.9 Å². The molecule has 0 aromatic heterocycles. The van der Waals surface area contributed by atoms with Crippen LogP contribution in [0, 0.1) is 0 Å². The third-order valence-corrected chi connectivity index (χ3v) is 5.14. The van der Waals surface area contributed by atoms with E-state index >= 15 is 0 Å². The zero-order chi connectivity index (χ0) is 15.6. The molecule has 7 heteroatoms. The van der Waals surface area contributed by atoms with E-state index in [0.29, 0.717) is 6.42 Å². The maximum Gasteiger partial charge on any atom is 0.220 e. The third kappa shape index (κ3) is 8.96. The van der Waals surface area contributed by atoms with E-state index in [9.17, 15) is 4.79 Å². The van der Waals surface area contributed by atoms with Gasteiger partial charge in [0.25, 0.3) is 0 Å². The number of carbonyl (C=O) groups is 1. The molecule has 1 aromatic carbocycles. The van der Waals surface area contributed by atoms with Crippen molar-refractivity contribution < 1.29 is 4.79 Å². The Balaban J connectivity index is 0.00000264. The predicted octanol–water partition coefficient (Wildman–Crippen LogP) is 2.76. The van der Waals surface area contributed by atoms with Crippen molar-refractivity contribution in [3.8, 4) is 0 Å². The minimum atomic E-state index is 0. The lowest BCUT2D eigenvalue weighted by atomic mass is 10.3. The van der Waals surface area contributed by atoms with E-state index in [2.05, 4.69) is 43.6 Å². The minimum Gasteiger partial charge on any atom is -0.356 e. The summed E-state index contributed by atoms with van der Waals surface area (Å²) < 4.78 is 1.08. The number of rotatable bonds is 8. The second kappa shape index (κ2) is 12.1. The molecule has 1 heterocycles. The van der Waals surface area contributed by atoms with Crippen molar-refractivity contribution >= 4 is 46.0 Å². The maximum atomic E-state index is 11.8. The van der Waals surface area contributed by atoms with Gasteiger partial charge in [-0.2, -0.15) is 0 Å². The Kier molecular flexibility index (Phi) is 11.0. The van der Waals surface area contributed by atoms with E-state index < -0.39 is 0 Å². The fraction of sp³-hybridized carbons (Fsp3) is 0.562. The molecule has 1 amide bonds. The van der Waals surface area contributed by atoms with E-state index in [1.54, 1.807) is 11.8 Å². The molecule has 1 aromatic rings. The van der Waals surface area contributed by atoms with Crippen LogP contribution in [0.2, 0.25) is 0 Å². The lowest BCUT2D eigenvalue weighted by Crippen LogP contribution is -2.44. The van der Waals surface area contributed by atoms with Crippen molar-refractivity contribution in [2.75, 3.05) is 45.0 Å². The van der Waals surface area contributed by atoms with Gasteiger partial charge in [0.05, 0.1) is 0 Å². The van der Waals surface area contributed by atoms with Crippen LogP contribution in [0.3, 0.4) is 0 Å². The molecule has 1 aliphatic rings. The number of carbonyl (C=O) groups excluding carboxylic acids is 1. The van der Waals surface area contributed by atoms with Crippen LogP contribution in [0.15, 0.2) is 33.6 Å². The Morgan fingerprint density at radius 3 is 2.65 bits per heavy atom. The number of halogens is 2. The first-order valence-corrected chi connectivity index (χ1v) is 9.60. The van der Waals surface area contributed by atoms with Crippen LogP contribution >= 0.6 is 40.1 Å². The molecular formula is C16H25BrClN3OS. The van der Waals surface area contributed by atoms with Crippen molar-refractivity contribution in [2.45, 2.75) is 17.7 Å². The fourth-order valence-corrected chi connectivity index (χ4v) is 3.46. The van der Waals surface area contributed by atoms with Crippen LogP contribution in [-0.4, -0.2) is 55.8 Å². The van der Waals surface area contributed by atoms with Crippen molar-refractivity contribution in [1.29, 1.82) is 0 Å². The second-order valence-electron chi connectivity index (χ2n) is 5.35. The molecule has 2 rings (SSSR count). The second-order valence-corrected chi connectivity index (χ2v) is 7.43. The molecule has 1 fully saturated rings. The normalized spacial score (nSPS) is 15.0. The summed E-state index contributed by atoms with van der Waals surface area (Å²) in [6.45, 7) is 6.27. The summed E-state index contributed by atoms with van der Waals surface area (Å²) in [5.74, 6) is 0.982. The number of nitrogens with zero attached hydrogens (tertiary/aromatic N) is 1. The number of nitrogens with one attached hydrogen (secondary N) is 2. The molecule has 0 saturated carbocycles. The topological polar surface area (TPSA) is 44.4 Å². The Labute approximate surface area is 157 Å². The van der Waals surface area contributed by atoms with Crippen molar-refractivity contribution in [3.63, 3.8) is 0 Å². The van der Waals surface area contributed by atoms with Gasteiger partial charge in [0.1, 0.15) is 0 Å². The summed E-state index contributed by atoms with van der Waals surface area (Å²) in [5.41, 5.74) is 0. The van der Waals surface area contributed by atoms with E-state index in [4.69, 9.17) is 0 Å². The fourth-order valence-electron chi connectivity index (χ4n) is 2.35. The number of benzene rings is 1. The van der Waals surface area contributed by atoms with Crippen LogP contribution in [0.5, 0.6) is 0 Å². The number of thioether (sulfide) groups is 1. The third-order valence-electron chi connectivity index (χ3n) is 3.59. The highest BCUT2D eigenvalue weighted by molar-refractivity contribution is 9.10. The van der Waals surface area contributed by atoms with Crippen LogP contribution in [-0.2, 0) is 4.79 Å². The van der Waals surface area contributed by atoms with Crippen LogP contribution in [0.1, 0.15) is 12.8 Å². The van der Waals surface area contributed by atoms with E-state index in [0.717, 1.165) is 55.9 Å². The molecule has 2 N–H and O–H groups in total. The molecule has 1 saturated heterocycles. The molecule has 130 valence electrons. The van der Waals surface area contributed by atoms with Gasteiger partial charge in [0.15, 0.2) is 0 Å². The number of hydrogen-bond donors (Lipinski definition) is 2. The molecule has 0 unspecified atom stereocenters. The van der Waals surface area contributed by atoms with E-state index in [1.807, 2.05) is 12.1 Å². The van der Waals surface area contributed by atoms with Gasteiger partial charge >= 0.3 is 0 Å². The average molecular weight is 423 g/mol. The van der Waals surface area contributed by atoms with Gasteiger partial charge in [0.2, 0.25) is 5.91 Å². The average Bonchev–Trinajstić information content (AvgIpc) is 2.54. The quantitative estimate of drug-likeness (QED) is 0.499. The summed E-state index contributed by atoms with van der Waals surface area (Å²) >= 11 is 5.14. The lowest BCUT2D eigenvalue weighted by Gasteiger charge is -2.27. The van der Waals surface area contributed by atoms with Crippen LogP contribution in [0.25, 0.3) is 0 Å². The lowest BCUT2D eigenvalue weighted by molar-refractivity contribution is -0.120. The van der Waals surface area contributed by atoms with Crippen LogP contribution in [0.4, 0.5) is 0 Å². The molecule has 0 spiro atoms. The summed E-state index contributed by atoms with van der Waals surface area (Å²) in [4.78, 5) is 15.4. The first kappa shape index (κ1) is 20.8. The van der Waals surface area contributed by atoms with Gasteiger partial charge < -0.3 is 15.5 Å². The molecular weight excluding hydrogens is 398 g/mol. The standard InChI is InChI=1S/C16H24BrN3OS.ClH/c17-14-2-4-15(5-3-14)22-13-6-16(21)19-7-1-10-20-11-8-18-9-12-20;/h2-5,18H,1,6-13H2,(H,19,21);1H. The Hall–Kier alpha value is -0.270. The monoisotopic (exact) mass is 421 g/mol. The van der Waals surface area contributed by atoms with Crippen molar-refractivity contribution in [1.82, 2.24) is 15.5 Å². The van der Waals surface area contributed by atoms with E-state index in [-0.39, 0.29) is 18.3 Å². The molecule has 0 atom stereocenters. The Bertz CT molecular complexity index is 455. The first-order valence-electron chi connectivity index (χ1n) is 7.82. The Morgan fingerprint density at radius 2 is 1.96 bits per heavy atom. The van der Waals surface area contributed by atoms with E-state index in [1.165, 1.54) is 4.90 Å². The Morgan fingerprint density at radius 1 is 1.26 bits per heavy atom. The summed E-state index contributed by atoms with van der Waals surface area (Å²) in [6, 6.07) is 8.19. The van der Waals surface area contributed by atoms with Gasteiger partial charge in [0, 0.05) is 54.3 Å². The molecule has 4 nitrogen and oxygen atoms in total. The van der Waals surface area contributed by atoms with Crippen molar-refractivity contribution in [2.24, 2.45) is 0 Å². The first-order chi connectivity index (χ1) is 10.7. The highest BCUT2D eigenvalue weighted by atomic mass is 79.9. The van der Waals surface area contributed by atoms with Gasteiger partial charge in [-0.3, -0.25) is 4.79 Å². The minimum absolute atomic E-state index is 0. The molecule has 0 radical (unpaired) electrons. The number of amides is 1. The molecule has 0 bridgehead atoms. The molecule has 1 aliphatic heterocycles. The summed E-state index contributed by atoms with van der Waals surface area (Å²) in [7, 11) is 0. The smallest absolute Gasteiger partial charge is 0.220 e. The SMILES string of the molecule is Cl.O=C(CCSc1ccc(Br)cc1)NCCCN1CCNCC1. The summed E-state index contributed by atoms with van der Waals surface area (Å²) in [6.07, 6.45) is 1.61. The largest absolute Gasteiger partial charge is 0.356 e. The predicted molar refractivity (Wildman–Crippen MR) is 104 cm³/mol.